The topological polar surface area (TPSA) is 59.0 Å². The number of carbonyl (C=O) groups excluding carboxylic acids is 1. The molecule has 2 aromatic carbocycles. The number of ether oxygens (including phenoxy) is 2. The van der Waals surface area contributed by atoms with E-state index in [4.69, 9.17) is 21.7 Å². The van der Waals surface area contributed by atoms with Crippen molar-refractivity contribution in [2.75, 3.05) is 6.79 Å². The number of fused-ring (bicyclic) bond motifs is 1. The van der Waals surface area contributed by atoms with Crippen LogP contribution in [0.1, 0.15) is 11.1 Å². The second-order valence-corrected chi connectivity index (χ2v) is 7.19. The van der Waals surface area contributed by atoms with E-state index >= 15 is 0 Å². The molecule has 0 saturated carbocycles. The molecule has 1 amide bonds. The Balaban J connectivity index is 1.56. The molecule has 0 atom stereocenters. The van der Waals surface area contributed by atoms with Gasteiger partial charge < -0.3 is 14.6 Å². The molecule has 0 unspecified atom stereocenters. The third-order valence-electron chi connectivity index (χ3n) is 3.87. The lowest BCUT2D eigenvalue weighted by Crippen LogP contribution is -2.27. The van der Waals surface area contributed by atoms with Gasteiger partial charge in [-0.1, -0.05) is 48.2 Å². The van der Waals surface area contributed by atoms with Gasteiger partial charge in [0.05, 0.1) is 11.4 Å². The number of rotatable bonds is 3. The molecule has 126 valence electrons. The van der Waals surface area contributed by atoms with Crippen molar-refractivity contribution in [1.29, 1.82) is 0 Å². The summed E-state index contributed by atoms with van der Waals surface area (Å²) in [5.74, 6) is 1.33. The van der Waals surface area contributed by atoms with Crippen molar-refractivity contribution < 1.29 is 19.4 Å². The molecule has 0 bridgehead atoms. The van der Waals surface area contributed by atoms with Gasteiger partial charge in [-0.2, -0.15) is 0 Å². The van der Waals surface area contributed by atoms with Crippen molar-refractivity contribution in [3.8, 4) is 17.2 Å². The van der Waals surface area contributed by atoms with Gasteiger partial charge in [-0.25, -0.2) is 0 Å². The molecule has 2 heterocycles. The number of hydrogen-bond donors (Lipinski definition) is 1. The molecule has 0 aliphatic carbocycles. The first-order chi connectivity index (χ1) is 12.1. The maximum Gasteiger partial charge on any atom is 0.266 e. The lowest BCUT2D eigenvalue weighted by molar-refractivity contribution is -0.122. The Kier molecular flexibility index (Phi) is 4.10. The van der Waals surface area contributed by atoms with E-state index in [1.165, 1.54) is 11.8 Å². The van der Waals surface area contributed by atoms with Crippen molar-refractivity contribution in [2.24, 2.45) is 0 Å². The molecular formula is C18H13NO4S2. The van der Waals surface area contributed by atoms with Crippen LogP contribution in [-0.4, -0.2) is 27.0 Å². The predicted molar refractivity (Wildman–Crippen MR) is 99.4 cm³/mol. The lowest BCUT2D eigenvalue weighted by atomic mass is 10.1. The highest BCUT2D eigenvalue weighted by Crippen LogP contribution is 2.37. The molecule has 5 nitrogen and oxygen atoms in total. The molecule has 25 heavy (non-hydrogen) atoms. The largest absolute Gasteiger partial charge is 0.507 e. The Morgan fingerprint density at radius 1 is 1.20 bits per heavy atom. The van der Waals surface area contributed by atoms with Gasteiger partial charge in [0.15, 0.2) is 11.5 Å². The highest BCUT2D eigenvalue weighted by atomic mass is 32.2. The van der Waals surface area contributed by atoms with E-state index in [1.807, 2.05) is 18.2 Å². The highest BCUT2D eigenvalue weighted by molar-refractivity contribution is 8.26. The Morgan fingerprint density at radius 2 is 2.00 bits per heavy atom. The van der Waals surface area contributed by atoms with Gasteiger partial charge in [0.2, 0.25) is 6.79 Å². The molecule has 1 fully saturated rings. The average Bonchev–Trinajstić information content (AvgIpc) is 3.17. The molecule has 2 aromatic rings. The zero-order valence-corrected chi connectivity index (χ0v) is 14.6. The summed E-state index contributed by atoms with van der Waals surface area (Å²) in [6, 6.07) is 12.4. The first-order valence-electron chi connectivity index (χ1n) is 7.54. The first-order valence-corrected chi connectivity index (χ1v) is 8.76. The van der Waals surface area contributed by atoms with Crippen molar-refractivity contribution in [2.45, 2.75) is 6.54 Å². The summed E-state index contributed by atoms with van der Waals surface area (Å²) in [5.41, 5.74) is 1.50. The van der Waals surface area contributed by atoms with Crippen LogP contribution < -0.4 is 9.47 Å². The zero-order chi connectivity index (χ0) is 17.4. The summed E-state index contributed by atoms with van der Waals surface area (Å²) in [5, 5.41) is 9.88. The van der Waals surface area contributed by atoms with E-state index in [0.717, 1.165) is 5.56 Å². The fourth-order valence-electron chi connectivity index (χ4n) is 2.61. The maximum absolute atomic E-state index is 12.7. The quantitative estimate of drug-likeness (QED) is 0.658. The number of hydrogen-bond acceptors (Lipinski definition) is 6. The molecule has 2 aliphatic rings. The van der Waals surface area contributed by atoms with Crippen molar-refractivity contribution in [3.63, 3.8) is 0 Å². The first kappa shape index (κ1) is 16.0. The van der Waals surface area contributed by atoms with Crippen LogP contribution in [0.4, 0.5) is 0 Å². The minimum atomic E-state index is -0.170. The van der Waals surface area contributed by atoms with Crippen molar-refractivity contribution >= 4 is 40.3 Å². The Morgan fingerprint density at radius 3 is 2.84 bits per heavy atom. The normalized spacial score (nSPS) is 17.6. The van der Waals surface area contributed by atoms with E-state index in [2.05, 4.69) is 0 Å². The van der Waals surface area contributed by atoms with E-state index in [-0.39, 0.29) is 18.4 Å². The van der Waals surface area contributed by atoms with E-state index < -0.39 is 0 Å². The fourth-order valence-corrected chi connectivity index (χ4v) is 3.85. The van der Waals surface area contributed by atoms with Crippen LogP contribution in [0.2, 0.25) is 0 Å². The molecule has 1 saturated heterocycles. The molecule has 2 aliphatic heterocycles. The van der Waals surface area contributed by atoms with Gasteiger partial charge in [0, 0.05) is 5.56 Å². The predicted octanol–water partition coefficient (Wildman–Crippen LogP) is 3.52. The second-order valence-electron chi connectivity index (χ2n) is 5.51. The minimum absolute atomic E-state index is 0.128. The van der Waals surface area contributed by atoms with Crippen LogP contribution in [0.15, 0.2) is 47.4 Å². The average molecular weight is 371 g/mol. The number of phenols is 1. The third kappa shape index (κ3) is 3.08. The summed E-state index contributed by atoms with van der Waals surface area (Å²) < 4.78 is 11.2. The lowest BCUT2D eigenvalue weighted by Gasteiger charge is -2.14. The standard InChI is InChI=1S/C18H13NO4S2/c20-13-4-2-1-3-12(13)8-16-17(21)19(18(24)25-16)9-11-5-6-14-15(7-11)23-10-22-14/h1-8,20H,9-10H2/b16-8-. The monoisotopic (exact) mass is 371 g/mol. The van der Waals surface area contributed by atoms with Crippen LogP contribution >= 0.6 is 24.0 Å². The second kappa shape index (κ2) is 6.42. The highest BCUT2D eigenvalue weighted by Gasteiger charge is 2.32. The molecule has 4 rings (SSSR count). The van der Waals surface area contributed by atoms with Gasteiger partial charge in [0.25, 0.3) is 5.91 Å². The smallest absolute Gasteiger partial charge is 0.266 e. The van der Waals surface area contributed by atoms with E-state index in [0.29, 0.717) is 32.8 Å². The third-order valence-corrected chi connectivity index (χ3v) is 5.25. The van der Waals surface area contributed by atoms with Crippen LogP contribution in [0.5, 0.6) is 17.2 Å². The number of thiocarbonyl (C=S) groups is 1. The maximum atomic E-state index is 12.7. The Labute approximate surface area is 153 Å². The van der Waals surface area contributed by atoms with Crippen LogP contribution in [-0.2, 0) is 11.3 Å². The Bertz CT molecular complexity index is 910. The summed E-state index contributed by atoms with van der Waals surface area (Å²) in [7, 11) is 0. The van der Waals surface area contributed by atoms with Gasteiger partial charge in [-0.15, -0.1) is 0 Å². The molecule has 0 aromatic heterocycles. The van der Waals surface area contributed by atoms with Gasteiger partial charge in [0.1, 0.15) is 10.1 Å². The van der Waals surface area contributed by atoms with Gasteiger partial charge in [-0.05, 0) is 29.8 Å². The molecule has 0 radical (unpaired) electrons. The summed E-state index contributed by atoms with van der Waals surface area (Å²) in [6.07, 6.45) is 1.66. The van der Waals surface area contributed by atoms with Crippen LogP contribution in [0.25, 0.3) is 6.08 Å². The molecular weight excluding hydrogens is 358 g/mol. The number of nitrogens with zero attached hydrogens (tertiary/aromatic N) is 1. The number of amides is 1. The molecule has 1 N–H and O–H groups in total. The summed E-state index contributed by atoms with van der Waals surface area (Å²) >= 11 is 6.58. The SMILES string of the molecule is O=C1/C(=C/c2ccccc2O)SC(=S)N1Cc1ccc2c(c1)OCO2. The number of para-hydroxylation sites is 1. The van der Waals surface area contributed by atoms with Crippen LogP contribution in [0.3, 0.4) is 0 Å². The van der Waals surface area contributed by atoms with E-state index in [1.54, 1.807) is 35.2 Å². The number of aromatic hydroxyl groups is 1. The fraction of sp³-hybridized carbons (Fsp3) is 0.111. The van der Waals surface area contributed by atoms with Crippen molar-refractivity contribution in [3.05, 3.63) is 58.5 Å². The van der Waals surface area contributed by atoms with E-state index in [9.17, 15) is 9.90 Å². The zero-order valence-electron chi connectivity index (χ0n) is 13.0. The molecule has 7 heteroatoms. The molecule has 0 spiro atoms. The Hall–Kier alpha value is -2.51. The number of carbonyl (C=O) groups is 1. The number of phenolic OH excluding ortho intramolecular Hbond substituents is 1. The summed E-state index contributed by atoms with van der Waals surface area (Å²) in [6.45, 7) is 0.572. The van der Waals surface area contributed by atoms with Crippen LogP contribution in [0, 0.1) is 0 Å². The number of thioether (sulfide) groups is 1. The van der Waals surface area contributed by atoms with Crippen molar-refractivity contribution in [1.82, 2.24) is 4.90 Å². The number of benzene rings is 2. The van der Waals surface area contributed by atoms with Gasteiger partial charge in [-0.3, -0.25) is 9.69 Å². The summed E-state index contributed by atoms with van der Waals surface area (Å²) in [4.78, 5) is 14.7. The minimum Gasteiger partial charge on any atom is -0.507 e. The van der Waals surface area contributed by atoms with Gasteiger partial charge >= 0.3 is 0 Å².